The van der Waals surface area contributed by atoms with Gasteiger partial charge in [-0.1, -0.05) is 23.9 Å². The Hall–Kier alpha value is -2.87. The average Bonchev–Trinajstić information content (AvgIpc) is 3.02. The van der Waals surface area contributed by atoms with Gasteiger partial charge >= 0.3 is 0 Å². The Balaban J connectivity index is 1.79. The number of non-ortho nitro benzene ring substituents is 1. The standard InChI is InChI=1S/C18H18N4O3S/c1-3-25-17-9-7-15(8-10-17)21-13(2)19-20-18(21)26-12-14-5-4-6-16(11-14)22(23)24/h4-11H,3,12H2,1-2H3. The molecule has 134 valence electrons. The molecule has 1 aromatic heterocycles. The van der Waals surface area contributed by atoms with Crippen molar-refractivity contribution in [3.05, 3.63) is 70.0 Å². The van der Waals surface area contributed by atoms with Gasteiger partial charge in [0.25, 0.3) is 5.69 Å². The highest BCUT2D eigenvalue weighted by atomic mass is 32.2. The predicted molar refractivity (Wildman–Crippen MR) is 99.9 cm³/mol. The predicted octanol–water partition coefficient (Wildman–Crippen LogP) is 4.17. The number of thioether (sulfide) groups is 1. The fourth-order valence-electron chi connectivity index (χ4n) is 2.50. The molecule has 0 saturated carbocycles. The molecule has 0 fully saturated rings. The van der Waals surface area contributed by atoms with Gasteiger partial charge in [-0.05, 0) is 43.7 Å². The van der Waals surface area contributed by atoms with Crippen LogP contribution in [-0.2, 0) is 5.75 Å². The van der Waals surface area contributed by atoms with Crippen molar-refractivity contribution in [3.8, 4) is 11.4 Å². The van der Waals surface area contributed by atoms with Crippen LogP contribution in [0.3, 0.4) is 0 Å². The van der Waals surface area contributed by atoms with Crippen LogP contribution in [0.4, 0.5) is 5.69 Å². The molecule has 0 bridgehead atoms. The fraction of sp³-hybridized carbons (Fsp3) is 0.222. The van der Waals surface area contributed by atoms with Crippen molar-refractivity contribution < 1.29 is 9.66 Å². The van der Waals surface area contributed by atoms with Gasteiger partial charge in [-0.2, -0.15) is 0 Å². The molecular formula is C18H18N4O3S. The van der Waals surface area contributed by atoms with Gasteiger partial charge in [0.2, 0.25) is 0 Å². The highest BCUT2D eigenvalue weighted by Crippen LogP contribution is 2.27. The molecule has 0 amide bonds. The highest BCUT2D eigenvalue weighted by Gasteiger charge is 2.13. The highest BCUT2D eigenvalue weighted by molar-refractivity contribution is 7.98. The summed E-state index contributed by atoms with van der Waals surface area (Å²) in [6.45, 7) is 4.46. The first-order chi connectivity index (χ1) is 12.6. The van der Waals surface area contributed by atoms with E-state index in [9.17, 15) is 10.1 Å². The van der Waals surface area contributed by atoms with E-state index < -0.39 is 0 Å². The van der Waals surface area contributed by atoms with Crippen molar-refractivity contribution >= 4 is 17.4 Å². The van der Waals surface area contributed by atoms with Crippen LogP contribution in [0, 0.1) is 17.0 Å². The Morgan fingerprint density at radius 3 is 2.65 bits per heavy atom. The zero-order chi connectivity index (χ0) is 18.5. The molecule has 7 nitrogen and oxygen atoms in total. The molecule has 1 heterocycles. The van der Waals surface area contributed by atoms with E-state index >= 15 is 0 Å². The summed E-state index contributed by atoms with van der Waals surface area (Å²) in [7, 11) is 0. The first-order valence-electron chi connectivity index (χ1n) is 8.10. The minimum atomic E-state index is -0.388. The summed E-state index contributed by atoms with van der Waals surface area (Å²) in [5, 5.41) is 20.0. The Morgan fingerprint density at radius 1 is 1.19 bits per heavy atom. The number of aryl methyl sites for hydroxylation is 1. The van der Waals surface area contributed by atoms with Crippen LogP contribution in [0.5, 0.6) is 5.75 Å². The quantitative estimate of drug-likeness (QED) is 0.352. The van der Waals surface area contributed by atoms with E-state index in [4.69, 9.17) is 4.74 Å². The number of ether oxygens (including phenoxy) is 1. The lowest BCUT2D eigenvalue weighted by molar-refractivity contribution is -0.384. The maximum atomic E-state index is 10.9. The van der Waals surface area contributed by atoms with Crippen LogP contribution < -0.4 is 4.74 Å². The number of hydrogen-bond donors (Lipinski definition) is 0. The lowest BCUT2D eigenvalue weighted by Crippen LogP contribution is -2.00. The van der Waals surface area contributed by atoms with Crippen LogP contribution in [-0.4, -0.2) is 26.3 Å². The van der Waals surface area contributed by atoms with Crippen molar-refractivity contribution in [1.29, 1.82) is 0 Å². The molecule has 0 saturated heterocycles. The maximum Gasteiger partial charge on any atom is 0.269 e. The third-order valence-corrected chi connectivity index (χ3v) is 4.69. The molecule has 0 unspecified atom stereocenters. The number of aromatic nitrogens is 3. The van der Waals surface area contributed by atoms with Gasteiger partial charge in [0.05, 0.1) is 11.5 Å². The number of nitro groups is 1. The molecule has 0 aliphatic carbocycles. The molecular weight excluding hydrogens is 352 g/mol. The maximum absolute atomic E-state index is 10.9. The van der Waals surface area contributed by atoms with Crippen LogP contribution in [0.2, 0.25) is 0 Å². The summed E-state index contributed by atoms with van der Waals surface area (Å²) >= 11 is 1.49. The topological polar surface area (TPSA) is 83.1 Å². The molecule has 0 atom stereocenters. The van der Waals surface area contributed by atoms with Crippen molar-refractivity contribution in [1.82, 2.24) is 14.8 Å². The number of benzene rings is 2. The second-order valence-electron chi connectivity index (χ2n) is 5.51. The second-order valence-corrected chi connectivity index (χ2v) is 6.45. The van der Waals surface area contributed by atoms with Gasteiger partial charge in [-0.25, -0.2) is 0 Å². The van der Waals surface area contributed by atoms with Crippen LogP contribution in [0.25, 0.3) is 5.69 Å². The molecule has 0 aliphatic rings. The summed E-state index contributed by atoms with van der Waals surface area (Å²) in [4.78, 5) is 10.5. The molecule has 0 spiro atoms. The van der Waals surface area contributed by atoms with Gasteiger partial charge in [-0.15, -0.1) is 10.2 Å². The van der Waals surface area contributed by atoms with Gasteiger partial charge < -0.3 is 4.74 Å². The number of nitro benzene ring substituents is 1. The third kappa shape index (κ3) is 4.02. The average molecular weight is 370 g/mol. The lowest BCUT2D eigenvalue weighted by Gasteiger charge is -2.10. The zero-order valence-electron chi connectivity index (χ0n) is 14.5. The first-order valence-corrected chi connectivity index (χ1v) is 9.08. The summed E-state index contributed by atoms with van der Waals surface area (Å²) in [5.74, 6) is 2.15. The van der Waals surface area contributed by atoms with Crippen LogP contribution in [0.15, 0.2) is 53.7 Å². The molecule has 3 rings (SSSR count). The van der Waals surface area contributed by atoms with Crippen molar-refractivity contribution in [3.63, 3.8) is 0 Å². The largest absolute Gasteiger partial charge is 0.494 e. The van der Waals surface area contributed by atoms with E-state index in [0.29, 0.717) is 12.4 Å². The summed E-state index contributed by atoms with van der Waals surface area (Å²) in [5.41, 5.74) is 1.90. The Bertz CT molecular complexity index is 909. The van der Waals surface area contributed by atoms with Gasteiger partial charge in [0.1, 0.15) is 11.6 Å². The van der Waals surface area contributed by atoms with E-state index in [1.54, 1.807) is 12.1 Å². The second kappa shape index (κ2) is 8.01. The smallest absolute Gasteiger partial charge is 0.269 e. The number of rotatable bonds is 7. The molecule has 3 aromatic rings. The van der Waals surface area contributed by atoms with Crippen molar-refractivity contribution in [2.45, 2.75) is 24.8 Å². The van der Waals surface area contributed by atoms with Gasteiger partial charge in [0.15, 0.2) is 5.16 Å². The van der Waals surface area contributed by atoms with E-state index in [-0.39, 0.29) is 10.6 Å². The fourth-order valence-corrected chi connectivity index (χ4v) is 3.44. The van der Waals surface area contributed by atoms with Crippen molar-refractivity contribution in [2.24, 2.45) is 0 Å². The van der Waals surface area contributed by atoms with Crippen molar-refractivity contribution in [2.75, 3.05) is 6.61 Å². The monoisotopic (exact) mass is 370 g/mol. The van der Waals surface area contributed by atoms with Gasteiger partial charge in [-0.3, -0.25) is 14.7 Å². The lowest BCUT2D eigenvalue weighted by atomic mass is 10.2. The molecule has 0 N–H and O–H groups in total. The van der Waals surface area contributed by atoms with E-state index in [1.165, 1.54) is 17.8 Å². The Kier molecular flexibility index (Phi) is 5.52. The normalized spacial score (nSPS) is 10.7. The zero-order valence-corrected chi connectivity index (χ0v) is 15.3. The first kappa shape index (κ1) is 17.9. The minimum Gasteiger partial charge on any atom is -0.494 e. The molecule has 26 heavy (non-hydrogen) atoms. The Morgan fingerprint density at radius 2 is 1.96 bits per heavy atom. The van der Waals surface area contributed by atoms with Gasteiger partial charge in [0, 0.05) is 23.6 Å². The van der Waals surface area contributed by atoms with E-state index in [2.05, 4.69) is 10.2 Å². The molecule has 0 radical (unpaired) electrons. The number of hydrogen-bond acceptors (Lipinski definition) is 6. The molecule has 0 aliphatic heterocycles. The summed E-state index contributed by atoms with van der Waals surface area (Å²) in [6.07, 6.45) is 0. The van der Waals surface area contributed by atoms with Crippen LogP contribution >= 0.6 is 11.8 Å². The summed E-state index contributed by atoms with van der Waals surface area (Å²) in [6, 6.07) is 14.4. The van der Waals surface area contributed by atoms with E-state index in [0.717, 1.165) is 28.0 Å². The summed E-state index contributed by atoms with van der Waals surface area (Å²) < 4.78 is 7.43. The molecule has 8 heteroatoms. The molecule has 2 aromatic carbocycles. The number of nitrogens with zero attached hydrogens (tertiary/aromatic N) is 4. The van der Waals surface area contributed by atoms with E-state index in [1.807, 2.05) is 48.7 Å². The Labute approximate surface area is 155 Å². The van der Waals surface area contributed by atoms with Crippen LogP contribution in [0.1, 0.15) is 18.3 Å². The third-order valence-electron chi connectivity index (χ3n) is 3.69. The SMILES string of the molecule is CCOc1ccc(-n2c(C)nnc2SCc2cccc([N+](=O)[O-])c2)cc1. The minimum absolute atomic E-state index is 0.0901.